The van der Waals surface area contributed by atoms with Crippen molar-refractivity contribution in [2.24, 2.45) is 5.73 Å². The average molecular weight is 222 g/mol. The summed E-state index contributed by atoms with van der Waals surface area (Å²) >= 11 is 15.9. The molecule has 0 fully saturated rings. The molecule has 1 aromatic heterocycles. The Morgan fingerprint density at radius 3 is 2.75 bits per heavy atom. The average Bonchev–Trinajstić information content (AvgIpc) is 1.96. The number of pyridine rings is 1. The van der Waals surface area contributed by atoms with Gasteiger partial charge in [-0.15, -0.1) is 0 Å². The molecule has 64 valence electrons. The van der Waals surface area contributed by atoms with E-state index in [-0.39, 0.29) is 10.3 Å². The summed E-state index contributed by atoms with van der Waals surface area (Å²) in [4.78, 5) is 3.79. The Balaban J connectivity index is 2.89. The van der Waals surface area contributed by atoms with Gasteiger partial charge in [0.25, 0.3) is 0 Å². The molecular weight excluding hydrogens is 217 g/mol. The standard InChI is InChI=1S/C6H5Cl2N3S/c7-4-1-3(11-6(9)12)2-10-5(4)8/h1-2H,(H3,9,11,12). The van der Waals surface area contributed by atoms with E-state index in [0.717, 1.165) is 0 Å². The van der Waals surface area contributed by atoms with Gasteiger partial charge in [-0.2, -0.15) is 0 Å². The summed E-state index contributed by atoms with van der Waals surface area (Å²) in [5.41, 5.74) is 5.85. The van der Waals surface area contributed by atoms with Crippen molar-refractivity contribution in [1.82, 2.24) is 4.98 Å². The van der Waals surface area contributed by atoms with Gasteiger partial charge in [-0.05, 0) is 18.3 Å². The summed E-state index contributed by atoms with van der Waals surface area (Å²) in [6.07, 6.45) is 1.49. The summed E-state index contributed by atoms with van der Waals surface area (Å²) in [7, 11) is 0. The Morgan fingerprint density at radius 1 is 1.58 bits per heavy atom. The maximum atomic E-state index is 5.68. The molecule has 6 heteroatoms. The zero-order valence-corrected chi connectivity index (χ0v) is 8.17. The van der Waals surface area contributed by atoms with E-state index in [9.17, 15) is 0 Å². The maximum absolute atomic E-state index is 5.68. The minimum absolute atomic E-state index is 0.162. The van der Waals surface area contributed by atoms with Gasteiger partial charge in [0.15, 0.2) is 5.11 Å². The summed E-state index contributed by atoms with van der Waals surface area (Å²) in [5.74, 6) is 0. The zero-order chi connectivity index (χ0) is 9.14. The Morgan fingerprint density at radius 2 is 2.25 bits per heavy atom. The van der Waals surface area contributed by atoms with Gasteiger partial charge < -0.3 is 11.1 Å². The van der Waals surface area contributed by atoms with Crippen molar-refractivity contribution in [3.8, 4) is 0 Å². The predicted octanol–water partition coefficient (Wildman–Crippen LogP) is 2.04. The molecule has 0 aliphatic rings. The van der Waals surface area contributed by atoms with E-state index in [0.29, 0.717) is 10.7 Å². The van der Waals surface area contributed by atoms with Crippen LogP contribution in [0.15, 0.2) is 12.3 Å². The number of hydrogen-bond donors (Lipinski definition) is 2. The largest absolute Gasteiger partial charge is 0.376 e. The van der Waals surface area contributed by atoms with Gasteiger partial charge in [-0.25, -0.2) is 4.98 Å². The molecule has 0 bridgehead atoms. The highest BCUT2D eigenvalue weighted by molar-refractivity contribution is 7.80. The van der Waals surface area contributed by atoms with Crippen LogP contribution in [-0.4, -0.2) is 10.1 Å². The molecule has 3 N–H and O–H groups in total. The molecule has 0 aliphatic heterocycles. The first-order valence-electron chi connectivity index (χ1n) is 2.97. The van der Waals surface area contributed by atoms with Gasteiger partial charge in [-0.3, -0.25) is 0 Å². The van der Waals surface area contributed by atoms with Gasteiger partial charge in [0.05, 0.1) is 16.9 Å². The van der Waals surface area contributed by atoms with Gasteiger partial charge >= 0.3 is 0 Å². The first-order valence-corrected chi connectivity index (χ1v) is 4.13. The molecule has 0 unspecified atom stereocenters. The molecule has 0 aliphatic carbocycles. The third kappa shape index (κ3) is 2.48. The molecule has 0 atom stereocenters. The fourth-order valence-electron chi connectivity index (χ4n) is 0.632. The first-order chi connectivity index (χ1) is 5.59. The van der Waals surface area contributed by atoms with E-state index < -0.39 is 0 Å². The minimum atomic E-state index is 0.162. The molecule has 3 nitrogen and oxygen atoms in total. The molecule has 0 saturated carbocycles. The number of halogens is 2. The van der Waals surface area contributed by atoms with Crippen LogP contribution in [0.5, 0.6) is 0 Å². The van der Waals surface area contributed by atoms with Crippen LogP contribution in [0.4, 0.5) is 5.69 Å². The van der Waals surface area contributed by atoms with Crippen molar-refractivity contribution in [3.63, 3.8) is 0 Å². The van der Waals surface area contributed by atoms with Crippen LogP contribution in [0.3, 0.4) is 0 Å². The van der Waals surface area contributed by atoms with Gasteiger partial charge in [0, 0.05) is 0 Å². The van der Waals surface area contributed by atoms with Crippen molar-refractivity contribution < 1.29 is 0 Å². The Labute approximate surface area is 84.9 Å². The van der Waals surface area contributed by atoms with Crippen LogP contribution in [0.25, 0.3) is 0 Å². The van der Waals surface area contributed by atoms with E-state index in [4.69, 9.17) is 28.9 Å². The molecular formula is C6H5Cl2N3S. The van der Waals surface area contributed by atoms with Crippen molar-refractivity contribution in [3.05, 3.63) is 22.4 Å². The fourth-order valence-corrected chi connectivity index (χ4v) is 1.02. The van der Waals surface area contributed by atoms with E-state index in [1.165, 1.54) is 6.20 Å². The second-order valence-electron chi connectivity index (χ2n) is 1.99. The minimum Gasteiger partial charge on any atom is -0.376 e. The van der Waals surface area contributed by atoms with Crippen LogP contribution in [-0.2, 0) is 0 Å². The molecule has 0 spiro atoms. The number of aromatic nitrogens is 1. The topological polar surface area (TPSA) is 50.9 Å². The number of nitrogens with one attached hydrogen (secondary N) is 1. The molecule has 1 aromatic rings. The Kier molecular flexibility index (Phi) is 3.08. The maximum Gasteiger partial charge on any atom is 0.168 e. The lowest BCUT2D eigenvalue weighted by Gasteiger charge is -2.03. The molecule has 1 rings (SSSR count). The van der Waals surface area contributed by atoms with Crippen molar-refractivity contribution >= 4 is 46.2 Å². The van der Waals surface area contributed by atoms with Crippen LogP contribution < -0.4 is 11.1 Å². The zero-order valence-electron chi connectivity index (χ0n) is 5.84. The molecule has 1 heterocycles. The van der Waals surface area contributed by atoms with Gasteiger partial charge in [0.2, 0.25) is 0 Å². The van der Waals surface area contributed by atoms with Gasteiger partial charge in [-0.1, -0.05) is 23.2 Å². The lowest BCUT2D eigenvalue weighted by molar-refractivity contribution is 1.33. The third-order valence-corrected chi connectivity index (χ3v) is 1.85. The normalized spacial score (nSPS) is 9.50. The highest BCUT2D eigenvalue weighted by Gasteiger charge is 2.00. The number of thiocarbonyl (C=S) groups is 1. The summed E-state index contributed by atoms with van der Waals surface area (Å²) in [6.45, 7) is 0. The van der Waals surface area contributed by atoms with E-state index in [1.807, 2.05) is 0 Å². The number of rotatable bonds is 1. The SMILES string of the molecule is NC(=S)Nc1cnc(Cl)c(Cl)c1. The lowest BCUT2D eigenvalue weighted by Crippen LogP contribution is -2.18. The summed E-state index contributed by atoms with van der Waals surface area (Å²) < 4.78 is 0. The number of nitrogens with zero attached hydrogens (tertiary/aromatic N) is 1. The highest BCUT2D eigenvalue weighted by atomic mass is 35.5. The lowest BCUT2D eigenvalue weighted by atomic mass is 10.4. The van der Waals surface area contributed by atoms with Crippen LogP contribution in [0.1, 0.15) is 0 Å². The number of nitrogens with two attached hydrogens (primary N) is 1. The van der Waals surface area contributed by atoms with E-state index in [1.54, 1.807) is 6.07 Å². The molecule has 0 radical (unpaired) electrons. The smallest absolute Gasteiger partial charge is 0.168 e. The Bertz CT molecular complexity index is 316. The monoisotopic (exact) mass is 221 g/mol. The molecule has 0 aromatic carbocycles. The molecule has 12 heavy (non-hydrogen) atoms. The molecule has 0 saturated heterocycles. The quantitative estimate of drug-likeness (QED) is 0.564. The summed E-state index contributed by atoms with van der Waals surface area (Å²) in [6, 6.07) is 1.59. The fraction of sp³-hybridized carbons (Fsp3) is 0. The van der Waals surface area contributed by atoms with Crippen LogP contribution in [0, 0.1) is 0 Å². The summed E-state index contributed by atoms with van der Waals surface area (Å²) in [5, 5.41) is 3.45. The second-order valence-corrected chi connectivity index (χ2v) is 3.19. The Hall–Kier alpha value is -0.580. The van der Waals surface area contributed by atoms with E-state index in [2.05, 4.69) is 22.5 Å². The third-order valence-electron chi connectivity index (χ3n) is 1.06. The molecule has 0 amide bonds. The predicted molar refractivity (Wildman–Crippen MR) is 54.7 cm³/mol. The van der Waals surface area contributed by atoms with Gasteiger partial charge in [0.1, 0.15) is 5.15 Å². The second kappa shape index (κ2) is 3.89. The van der Waals surface area contributed by atoms with Crippen LogP contribution >= 0.6 is 35.4 Å². The highest BCUT2D eigenvalue weighted by Crippen LogP contribution is 2.21. The number of anilines is 1. The van der Waals surface area contributed by atoms with Crippen molar-refractivity contribution in [1.29, 1.82) is 0 Å². The first kappa shape index (κ1) is 9.51. The van der Waals surface area contributed by atoms with Crippen molar-refractivity contribution in [2.75, 3.05) is 5.32 Å². The van der Waals surface area contributed by atoms with Crippen LogP contribution in [0.2, 0.25) is 10.2 Å². The number of hydrogen-bond acceptors (Lipinski definition) is 2. The van der Waals surface area contributed by atoms with Crippen molar-refractivity contribution in [2.45, 2.75) is 0 Å². The van der Waals surface area contributed by atoms with E-state index >= 15 is 0 Å².